The van der Waals surface area contributed by atoms with Crippen molar-refractivity contribution in [3.8, 4) is 0 Å². The maximum absolute atomic E-state index is 9.22. The van der Waals surface area contributed by atoms with Crippen molar-refractivity contribution < 1.29 is 21.7 Å². The van der Waals surface area contributed by atoms with Gasteiger partial charge in [0.05, 0.1) is 7.11 Å². The average Bonchev–Trinajstić information content (AvgIpc) is 2.86. The molecule has 0 bridgehead atoms. The summed E-state index contributed by atoms with van der Waals surface area (Å²) in [5.74, 6) is 0. The zero-order chi connectivity index (χ0) is 15.7. The number of hydrogen-bond acceptors (Lipinski definition) is 5. The SMILES string of the molecule is COS(=O)(=O)[O-].C[N+]1=C(/C=C/Nc2ccccc2)CCC1. The highest BCUT2D eigenvalue weighted by Gasteiger charge is 2.14. The summed E-state index contributed by atoms with van der Waals surface area (Å²) >= 11 is 0. The van der Waals surface area contributed by atoms with Crippen LogP contribution in [0.15, 0.2) is 42.6 Å². The molecule has 0 aromatic heterocycles. The molecule has 0 saturated heterocycles. The summed E-state index contributed by atoms with van der Waals surface area (Å²) in [6.07, 6.45) is 6.66. The van der Waals surface area contributed by atoms with Crippen LogP contribution in [0.4, 0.5) is 5.69 Å². The molecule has 1 aliphatic rings. The summed E-state index contributed by atoms with van der Waals surface area (Å²) in [5.41, 5.74) is 2.55. The van der Waals surface area contributed by atoms with Crippen molar-refractivity contribution in [3.63, 3.8) is 0 Å². The van der Waals surface area contributed by atoms with Crippen molar-refractivity contribution in [2.45, 2.75) is 12.8 Å². The van der Waals surface area contributed by atoms with Crippen LogP contribution in [0.3, 0.4) is 0 Å². The maximum Gasteiger partial charge on any atom is 0.217 e. The van der Waals surface area contributed by atoms with Gasteiger partial charge in [0.1, 0.15) is 13.6 Å². The molecule has 1 aliphatic heterocycles. The molecule has 2 rings (SSSR count). The molecule has 0 fully saturated rings. The summed E-state index contributed by atoms with van der Waals surface area (Å²) in [4.78, 5) is 0. The number of rotatable bonds is 4. The van der Waals surface area contributed by atoms with Gasteiger partial charge in [0.15, 0.2) is 5.71 Å². The van der Waals surface area contributed by atoms with Gasteiger partial charge >= 0.3 is 0 Å². The Labute approximate surface area is 125 Å². The van der Waals surface area contributed by atoms with E-state index in [2.05, 4.69) is 39.3 Å². The fourth-order valence-electron chi connectivity index (χ4n) is 1.81. The zero-order valence-electron chi connectivity index (χ0n) is 12.2. The van der Waals surface area contributed by atoms with Gasteiger partial charge in [-0.05, 0) is 12.1 Å². The third-order valence-electron chi connectivity index (χ3n) is 2.92. The molecule has 1 heterocycles. The second-order valence-corrected chi connectivity index (χ2v) is 5.58. The van der Waals surface area contributed by atoms with E-state index in [4.69, 9.17) is 0 Å². The predicted octanol–water partition coefficient (Wildman–Crippen LogP) is 1.58. The van der Waals surface area contributed by atoms with E-state index >= 15 is 0 Å². The Balaban J connectivity index is 0.000000315. The minimum absolute atomic E-state index is 0.808. The molecule has 0 atom stereocenters. The first-order valence-electron chi connectivity index (χ1n) is 6.49. The van der Waals surface area contributed by atoms with Crippen molar-refractivity contribution in [1.82, 2.24) is 0 Å². The first kappa shape index (κ1) is 17.4. The number of benzene rings is 1. The molecule has 1 aromatic rings. The molecule has 0 saturated carbocycles. The van der Waals surface area contributed by atoms with Crippen molar-refractivity contribution in [2.75, 3.05) is 26.0 Å². The number of allylic oxidation sites excluding steroid dienone is 1. The molecule has 1 aromatic carbocycles. The van der Waals surface area contributed by atoms with Gasteiger partial charge in [-0.25, -0.2) is 13.0 Å². The molecule has 1 N–H and O–H groups in total. The molecular weight excluding hydrogens is 292 g/mol. The van der Waals surface area contributed by atoms with Gasteiger partial charge in [-0.15, -0.1) is 0 Å². The summed E-state index contributed by atoms with van der Waals surface area (Å²) in [5, 5.41) is 3.26. The van der Waals surface area contributed by atoms with Gasteiger partial charge in [-0.3, -0.25) is 4.18 Å². The normalized spacial score (nSPS) is 15.0. The lowest BCUT2D eigenvalue weighted by Gasteiger charge is -1.98. The van der Waals surface area contributed by atoms with E-state index in [0.717, 1.165) is 12.8 Å². The third kappa shape index (κ3) is 7.60. The summed E-state index contributed by atoms with van der Waals surface area (Å²) < 4.78 is 33.3. The van der Waals surface area contributed by atoms with E-state index in [1.54, 1.807) is 0 Å². The Morgan fingerprint density at radius 2 is 1.95 bits per heavy atom. The van der Waals surface area contributed by atoms with Gasteiger partial charge in [0.2, 0.25) is 10.4 Å². The van der Waals surface area contributed by atoms with E-state index in [1.165, 1.54) is 25.1 Å². The molecular formula is C14H20N2O4S. The molecule has 6 nitrogen and oxygen atoms in total. The zero-order valence-corrected chi connectivity index (χ0v) is 13.0. The molecule has 0 amide bonds. The monoisotopic (exact) mass is 312 g/mol. The Bertz CT molecular complexity index is 595. The van der Waals surface area contributed by atoms with Crippen LogP contribution >= 0.6 is 0 Å². The molecule has 116 valence electrons. The standard InChI is InChI=1S/C13H16N2.CH4O4S/c1-15-11-5-8-13(15)9-10-14-12-6-3-2-4-7-12;1-5-6(2,3)4/h2-4,6-7,9-10H,5,8,11H2,1H3;1H3,(H,2,3,4). The molecule has 0 aliphatic carbocycles. The minimum atomic E-state index is -4.41. The van der Waals surface area contributed by atoms with Crippen molar-refractivity contribution in [3.05, 3.63) is 42.6 Å². The quantitative estimate of drug-likeness (QED) is 0.518. The molecule has 0 spiro atoms. The number of nitrogens with zero attached hydrogens (tertiary/aromatic N) is 1. The first-order valence-corrected chi connectivity index (χ1v) is 7.82. The largest absolute Gasteiger partial charge is 0.726 e. The van der Waals surface area contributed by atoms with Crippen LogP contribution in [0, 0.1) is 0 Å². The summed E-state index contributed by atoms with van der Waals surface area (Å²) in [7, 11) is -1.46. The van der Waals surface area contributed by atoms with Crippen LogP contribution in [0.5, 0.6) is 0 Å². The van der Waals surface area contributed by atoms with Crippen LogP contribution in [0.2, 0.25) is 0 Å². The number of para-hydroxylation sites is 1. The van der Waals surface area contributed by atoms with Crippen LogP contribution in [0.25, 0.3) is 0 Å². The van der Waals surface area contributed by atoms with Crippen molar-refractivity contribution in [2.24, 2.45) is 0 Å². The number of anilines is 1. The molecule has 0 radical (unpaired) electrons. The summed E-state index contributed by atoms with van der Waals surface area (Å²) in [6, 6.07) is 10.2. The molecule has 21 heavy (non-hydrogen) atoms. The van der Waals surface area contributed by atoms with Crippen molar-refractivity contribution >= 4 is 21.8 Å². The Morgan fingerprint density at radius 3 is 2.43 bits per heavy atom. The lowest BCUT2D eigenvalue weighted by atomic mass is 10.2. The van der Waals surface area contributed by atoms with Crippen LogP contribution in [0.1, 0.15) is 12.8 Å². The fourth-order valence-corrected chi connectivity index (χ4v) is 1.81. The van der Waals surface area contributed by atoms with E-state index < -0.39 is 10.4 Å². The Kier molecular flexibility index (Phi) is 7.07. The topological polar surface area (TPSA) is 81.5 Å². The second kappa shape index (κ2) is 8.56. The van der Waals surface area contributed by atoms with Gasteiger partial charge < -0.3 is 9.87 Å². The smallest absolute Gasteiger partial charge is 0.217 e. The second-order valence-electron chi connectivity index (χ2n) is 4.44. The van der Waals surface area contributed by atoms with E-state index in [1.807, 2.05) is 24.4 Å². The molecule has 0 unspecified atom stereocenters. The van der Waals surface area contributed by atoms with Gasteiger partial charge in [0, 0.05) is 30.8 Å². The minimum Gasteiger partial charge on any atom is -0.726 e. The highest BCUT2D eigenvalue weighted by Crippen LogP contribution is 2.06. The Hall–Kier alpha value is -1.70. The average molecular weight is 312 g/mol. The molecule has 7 heteroatoms. The van der Waals surface area contributed by atoms with E-state index in [-0.39, 0.29) is 0 Å². The summed E-state index contributed by atoms with van der Waals surface area (Å²) in [6.45, 7) is 1.19. The van der Waals surface area contributed by atoms with Gasteiger partial charge in [-0.1, -0.05) is 18.2 Å². The van der Waals surface area contributed by atoms with E-state index in [9.17, 15) is 13.0 Å². The maximum atomic E-state index is 9.22. The van der Waals surface area contributed by atoms with Crippen LogP contribution in [-0.2, 0) is 14.6 Å². The lowest BCUT2D eigenvalue weighted by Crippen LogP contribution is -2.07. The van der Waals surface area contributed by atoms with Crippen LogP contribution in [-0.4, -0.2) is 44.0 Å². The van der Waals surface area contributed by atoms with Crippen molar-refractivity contribution in [1.29, 1.82) is 0 Å². The first-order chi connectivity index (χ1) is 9.92. The highest BCUT2D eigenvalue weighted by molar-refractivity contribution is 7.80. The van der Waals surface area contributed by atoms with Gasteiger partial charge in [-0.2, -0.15) is 0 Å². The van der Waals surface area contributed by atoms with E-state index in [0.29, 0.717) is 0 Å². The third-order valence-corrected chi connectivity index (χ3v) is 3.33. The lowest BCUT2D eigenvalue weighted by molar-refractivity contribution is -0.487. The highest BCUT2D eigenvalue weighted by atomic mass is 32.3. The predicted molar refractivity (Wildman–Crippen MR) is 81.2 cm³/mol. The number of nitrogens with one attached hydrogen (secondary N) is 1. The number of hydrogen-bond donors (Lipinski definition) is 1. The Morgan fingerprint density at radius 1 is 1.33 bits per heavy atom. The fraction of sp³-hybridized carbons (Fsp3) is 0.357. The van der Waals surface area contributed by atoms with Gasteiger partial charge in [0.25, 0.3) is 0 Å². The van der Waals surface area contributed by atoms with Crippen LogP contribution < -0.4 is 5.32 Å².